The summed E-state index contributed by atoms with van der Waals surface area (Å²) < 4.78 is 0. The number of carbonyl (C=O) groups is 1. The minimum atomic E-state index is -0.369. The molecule has 0 aliphatic carbocycles. The van der Waals surface area contributed by atoms with E-state index in [-0.39, 0.29) is 11.9 Å². The van der Waals surface area contributed by atoms with Gasteiger partial charge in [-0.1, -0.05) is 6.92 Å². The van der Waals surface area contributed by atoms with Crippen LogP contribution < -0.4 is 11.1 Å². The Balaban J connectivity index is 2.33. The molecule has 1 fully saturated rings. The van der Waals surface area contributed by atoms with E-state index in [0.717, 1.165) is 19.6 Å². The molecule has 0 aromatic heterocycles. The van der Waals surface area contributed by atoms with Gasteiger partial charge in [0.1, 0.15) is 0 Å². The number of rotatable bonds is 4. The van der Waals surface area contributed by atoms with Crippen LogP contribution in [0.3, 0.4) is 0 Å². The molecule has 94 valence electrons. The molecule has 1 unspecified atom stereocenters. The van der Waals surface area contributed by atoms with E-state index in [1.165, 1.54) is 0 Å². The van der Waals surface area contributed by atoms with E-state index in [9.17, 15) is 4.79 Å². The molecule has 0 spiro atoms. The molecular weight excluding hydrogens is 204 g/mol. The molecule has 0 radical (unpaired) electrons. The molecule has 1 aliphatic heterocycles. The minimum absolute atomic E-state index is 0.0378. The van der Waals surface area contributed by atoms with Gasteiger partial charge in [0.2, 0.25) is 5.91 Å². The van der Waals surface area contributed by atoms with Crippen molar-refractivity contribution in [3.8, 4) is 0 Å². The molecule has 1 rings (SSSR count). The second-order valence-corrected chi connectivity index (χ2v) is 4.66. The van der Waals surface area contributed by atoms with E-state index >= 15 is 0 Å². The van der Waals surface area contributed by atoms with Crippen LogP contribution in [0.4, 0.5) is 0 Å². The van der Waals surface area contributed by atoms with Gasteiger partial charge in [0.25, 0.3) is 0 Å². The third-order valence-corrected chi connectivity index (χ3v) is 3.27. The van der Waals surface area contributed by atoms with E-state index in [1.807, 2.05) is 6.92 Å². The van der Waals surface area contributed by atoms with E-state index in [2.05, 4.69) is 29.2 Å². The second kappa shape index (κ2) is 6.18. The predicted molar refractivity (Wildman–Crippen MR) is 65.2 cm³/mol. The van der Waals surface area contributed by atoms with Crippen LogP contribution >= 0.6 is 0 Å². The Morgan fingerprint density at radius 2 is 2.19 bits per heavy atom. The SMILES string of the molecule is CC[C@@H](N)C(=O)NCC1CN(C)CCN1C. The molecule has 0 bridgehead atoms. The van der Waals surface area contributed by atoms with Crippen LogP contribution in [0.2, 0.25) is 0 Å². The van der Waals surface area contributed by atoms with E-state index in [0.29, 0.717) is 19.0 Å². The minimum Gasteiger partial charge on any atom is -0.353 e. The highest BCUT2D eigenvalue weighted by atomic mass is 16.2. The number of piperazine rings is 1. The molecule has 16 heavy (non-hydrogen) atoms. The van der Waals surface area contributed by atoms with Gasteiger partial charge >= 0.3 is 0 Å². The molecule has 5 heteroatoms. The molecule has 0 aromatic carbocycles. The van der Waals surface area contributed by atoms with Gasteiger partial charge in [-0.3, -0.25) is 9.69 Å². The summed E-state index contributed by atoms with van der Waals surface area (Å²) >= 11 is 0. The van der Waals surface area contributed by atoms with Crippen molar-refractivity contribution in [2.24, 2.45) is 5.73 Å². The average Bonchev–Trinajstić information content (AvgIpc) is 2.28. The van der Waals surface area contributed by atoms with Crippen molar-refractivity contribution in [1.29, 1.82) is 0 Å². The molecule has 1 heterocycles. The molecule has 3 N–H and O–H groups in total. The maximum atomic E-state index is 11.5. The van der Waals surface area contributed by atoms with Gasteiger partial charge in [0.05, 0.1) is 6.04 Å². The Kier molecular flexibility index (Phi) is 5.18. The average molecular weight is 228 g/mol. The fourth-order valence-electron chi connectivity index (χ4n) is 1.86. The fourth-order valence-corrected chi connectivity index (χ4v) is 1.86. The molecular formula is C11H24N4O. The van der Waals surface area contributed by atoms with E-state index in [4.69, 9.17) is 5.73 Å². The van der Waals surface area contributed by atoms with Crippen LogP contribution in [0.5, 0.6) is 0 Å². The largest absolute Gasteiger partial charge is 0.353 e. The molecule has 0 aromatic rings. The van der Waals surface area contributed by atoms with E-state index in [1.54, 1.807) is 0 Å². The second-order valence-electron chi connectivity index (χ2n) is 4.66. The summed E-state index contributed by atoms with van der Waals surface area (Å²) in [6.07, 6.45) is 0.687. The molecule has 0 saturated carbocycles. The summed E-state index contributed by atoms with van der Waals surface area (Å²) in [5.74, 6) is -0.0378. The third-order valence-electron chi connectivity index (χ3n) is 3.27. The molecule has 1 amide bonds. The Bertz CT molecular complexity index is 234. The van der Waals surface area contributed by atoms with Crippen LogP contribution in [0.15, 0.2) is 0 Å². The standard InChI is InChI=1S/C11H24N4O/c1-4-10(12)11(16)13-7-9-8-14(2)5-6-15(9)3/h9-10H,4-8,12H2,1-3H3,(H,13,16)/t9?,10-/m1/s1. The van der Waals surface area contributed by atoms with Crippen LogP contribution in [0, 0.1) is 0 Å². The summed E-state index contributed by atoms with van der Waals surface area (Å²) in [4.78, 5) is 16.1. The van der Waals surface area contributed by atoms with Crippen molar-refractivity contribution in [2.75, 3.05) is 40.3 Å². The van der Waals surface area contributed by atoms with Crippen molar-refractivity contribution in [2.45, 2.75) is 25.4 Å². The van der Waals surface area contributed by atoms with Crippen molar-refractivity contribution >= 4 is 5.91 Å². The summed E-state index contributed by atoms with van der Waals surface area (Å²) in [5, 5.41) is 2.92. The number of nitrogens with one attached hydrogen (secondary N) is 1. The van der Waals surface area contributed by atoms with Gasteiger partial charge in [0, 0.05) is 32.2 Å². The van der Waals surface area contributed by atoms with Gasteiger partial charge in [-0.05, 0) is 20.5 Å². The first-order valence-corrected chi connectivity index (χ1v) is 5.96. The summed E-state index contributed by atoms with van der Waals surface area (Å²) in [5.41, 5.74) is 5.66. The smallest absolute Gasteiger partial charge is 0.236 e. The summed E-state index contributed by atoms with van der Waals surface area (Å²) in [6, 6.07) is 0.0263. The van der Waals surface area contributed by atoms with Gasteiger partial charge in [-0.15, -0.1) is 0 Å². The lowest BCUT2D eigenvalue weighted by atomic mass is 10.1. The lowest BCUT2D eigenvalue weighted by Gasteiger charge is -2.37. The van der Waals surface area contributed by atoms with Crippen LogP contribution in [0.25, 0.3) is 0 Å². The monoisotopic (exact) mass is 228 g/mol. The number of nitrogens with two attached hydrogens (primary N) is 1. The normalized spacial score (nSPS) is 25.4. The van der Waals surface area contributed by atoms with Gasteiger partial charge in [-0.25, -0.2) is 0 Å². The van der Waals surface area contributed by atoms with E-state index < -0.39 is 0 Å². The first kappa shape index (κ1) is 13.4. The number of hydrogen-bond donors (Lipinski definition) is 2. The molecule has 1 saturated heterocycles. The maximum Gasteiger partial charge on any atom is 0.236 e. The Hall–Kier alpha value is -0.650. The van der Waals surface area contributed by atoms with Crippen LogP contribution in [-0.4, -0.2) is 68.1 Å². The highest BCUT2D eigenvalue weighted by molar-refractivity contribution is 5.81. The quantitative estimate of drug-likeness (QED) is 0.654. The number of likely N-dealkylation sites (N-methyl/N-ethyl adjacent to an activating group) is 2. The number of carbonyl (C=O) groups excluding carboxylic acids is 1. The molecule has 5 nitrogen and oxygen atoms in total. The van der Waals surface area contributed by atoms with Crippen molar-refractivity contribution < 1.29 is 4.79 Å². The highest BCUT2D eigenvalue weighted by Crippen LogP contribution is 2.04. The fraction of sp³-hybridized carbons (Fsp3) is 0.909. The Labute approximate surface area is 98.0 Å². The topological polar surface area (TPSA) is 61.6 Å². The number of nitrogens with zero attached hydrogens (tertiary/aromatic N) is 2. The molecule has 2 atom stereocenters. The summed E-state index contributed by atoms with van der Waals surface area (Å²) in [7, 11) is 4.21. The molecule has 1 aliphatic rings. The Morgan fingerprint density at radius 3 is 2.81 bits per heavy atom. The van der Waals surface area contributed by atoms with Crippen molar-refractivity contribution in [3.05, 3.63) is 0 Å². The zero-order chi connectivity index (χ0) is 12.1. The lowest BCUT2D eigenvalue weighted by Crippen LogP contribution is -2.55. The predicted octanol–water partition coefficient (Wildman–Crippen LogP) is -0.914. The third kappa shape index (κ3) is 3.73. The first-order chi connectivity index (χ1) is 7.54. The maximum absolute atomic E-state index is 11.5. The van der Waals surface area contributed by atoms with Crippen LogP contribution in [-0.2, 0) is 4.79 Å². The van der Waals surface area contributed by atoms with Gasteiger partial charge in [-0.2, -0.15) is 0 Å². The van der Waals surface area contributed by atoms with Gasteiger partial charge < -0.3 is 16.0 Å². The number of hydrogen-bond acceptors (Lipinski definition) is 4. The number of amides is 1. The lowest BCUT2D eigenvalue weighted by molar-refractivity contribution is -0.122. The van der Waals surface area contributed by atoms with Crippen molar-refractivity contribution in [1.82, 2.24) is 15.1 Å². The van der Waals surface area contributed by atoms with Crippen LogP contribution in [0.1, 0.15) is 13.3 Å². The summed E-state index contributed by atoms with van der Waals surface area (Å²) in [6.45, 7) is 5.75. The van der Waals surface area contributed by atoms with Gasteiger partial charge in [0.15, 0.2) is 0 Å². The zero-order valence-electron chi connectivity index (χ0n) is 10.6. The first-order valence-electron chi connectivity index (χ1n) is 5.96. The zero-order valence-corrected chi connectivity index (χ0v) is 10.6. The Morgan fingerprint density at radius 1 is 1.50 bits per heavy atom. The van der Waals surface area contributed by atoms with Crippen molar-refractivity contribution in [3.63, 3.8) is 0 Å². The highest BCUT2D eigenvalue weighted by Gasteiger charge is 2.23.